The lowest BCUT2D eigenvalue weighted by Crippen LogP contribution is -2.14. The quantitative estimate of drug-likeness (QED) is 0.299. The molecule has 168 valence electrons. The van der Waals surface area contributed by atoms with Crippen molar-refractivity contribution in [3.63, 3.8) is 0 Å². The smallest absolute Gasteiger partial charge is 0.265 e. The van der Waals surface area contributed by atoms with Crippen molar-refractivity contribution < 1.29 is 9.59 Å². The van der Waals surface area contributed by atoms with Gasteiger partial charge in [-0.3, -0.25) is 9.59 Å². The van der Waals surface area contributed by atoms with Gasteiger partial charge in [-0.25, -0.2) is 4.98 Å². The maximum atomic E-state index is 12.8. The van der Waals surface area contributed by atoms with Gasteiger partial charge in [0.2, 0.25) is 0 Å². The number of aromatic nitrogens is 2. The number of nitrogens with zero attached hydrogens (tertiary/aromatic N) is 2. The van der Waals surface area contributed by atoms with Gasteiger partial charge in [0.1, 0.15) is 5.82 Å². The highest BCUT2D eigenvalue weighted by atomic mass is 35.5. The van der Waals surface area contributed by atoms with Gasteiger partial charge in [0.25, 0.3) is 11.8 Å². The van der Waals surface area contributed by atoms with Crippen molar-refractivity contribution in [3.05, 3.63) is 99.7 Å². The number of anilines is 2. The van der Waals surface area contributed by atoms with E-state index < -0.39 is 0 Å². The number of carbonyl (C=O) groups is 2. The number of nitrogens with one attached hydrogen (secondary N) is 2. The number of carbonyl (C=O) groups excluding carboxylic acids is 2. The van der Waals surface area contributed by atoms with Crippen LogP contribution in [0.4, 0.5) is 11.4 Å². The maximum absolute atomic E-state index is 12.8. The SMILES string of the molecule is Cn1c(-c2ccc(NC(=O)c3ccc(Cl)c(NC(=O)c4cccs4)c3)cc2)nc2ccccc21. The van der Waals surface area contributed by atoms with Crippen molar-refractivity contribution in [2.75, 3.05) is 10.6 Å². The van der Waals surface area contributed by atoms with Gasteiger partial charge in [-0.1, -0.05) is 29.8 Å². The van der Waals surface area contributed by atoms with E-state index in [0.717, 1.165) is 22.4 Å². The third-order valence-corrected chi connectivity index (χ3v) is 6.61. The topological polar surface area (TPSA) is 76.0 Å². The number of rotatable bonds is 5. The summed E-state index contributed by atoms with van der Waals surface area (Å²) in [4.78, 5) is 30.5. The molecular weight excluding hydrogens is 468 g/mol. The van der Waals surface area contributed by atoms with Crippen molar-refractivity contribution in [1.82, 2.24) is 9.55 Å². The molecule has 0 radical (unpaired) electrons. The molecule has 34 heavy (non-hydrogen) atoms. The third kappa shape index (κ3) is 4.31. The van der Waals surface area contributed by atoms with E-state index in [1.165, 1.54) is 11.3 Å². The number of halogens is 1. The Balaban J connectivity index is 1.32. The summed E-state index contributed by atoms with van der Waals surface area (Å²) in [6.07, 6.45) is 0. The van der Waals surface area contributed by atoms with Gasteiger partial charge >= 0.3 is 0 Å². The molecule has 6 nitrogen and oxygen atoms in total. The van der Waals surface area contributed by atoms with Crippen LogP contribution in [-0.2, 0) is 7.05 Å². The summed E-state index contributed by atoms with van der Waals surface area (Å²) in [7, 11) is 1.98. The standard InChI is InChI=1S/C26H19ClN4O2S/c1-31-22-6-3-2-5-20(22)29-24(31)16-8-11-18(12-9-16)28-25(32)17-10-13-19(27)21(15-17)30-26(33)23-7-4-14-34-23/h2-15H,1H3,(H,28,32)(H,30,33). The zero-order chi connectivity index (χ0) is 23.7. The summed E-state index contributed by atoms with van der Waals surface area (Å²) >= 11 is 7.56. The Morgan fingerprint density at radius 3 is 2.44 bits per heavy atom. The number of para-hydroxylation sites is 2. The molecule has 0 aliphatic rings. The highest BCUT2D eigenvalue weighted by Crippen LogP contribution is 2.27. The lowest BCUT2D eigenvalue weighted by Gasteiger charge is -2.10. The molecule has 0 saturated heterocycles. The molecule has 5 aromatic rings. The molecule has 3 aromatic carbocycles. The second kappa shape index (κ2) is 9.13. The maximum Gasteiger partial charge on any atom is 0.265 e. The number of fused-ring (bicyclic) bond motifs is 1. The zero-order valence-electron chi connectivity index (χ0n) is 18.1. The molecule has 2 aromatic heterocycles. The number of hydrogen-bond donors (Lipinski definition) is 2. The summed E-state index contributed by atoms with van der Waals surface area (Å²) in [5.74, 6) is 0.272. The molecule has 5 rings (SSSR count). The predicted octanol–water partition coefficient (Wildman–Crippen LogP) is 6.46. The molecule has 0 aliphatic carbocycles. The van der Waals surface area contributed by atoms with Gasteiger partial charge < -0.3 is 15.2 Å². The summed E-state index contributed by atoms with van der Waals surface area (Å²) in [6, 6.07) is 23.8. The molecule has 2 N–H and O–H groups in total. The molecule has 0 unspecified atom stereocenters. The molecule has 0 atom stereocenters. The number of imidazole rings is 1. The fourth-order valence-electron chi connectivity index (χ4n) is 3.66. The predicted molar refractivity (Wildman–Crippen MR) is 138 cm³/mol. The van der Waals surface area contributed by atoms with Gasteiger partial charge in [-0.2, -0.15) is 0 Å². The first-order valence-electron chi connectivity index (χ1n) is 10.5. The van der Waals surface area contributed by atoms with Gasteiger partial charge in [-0.15, -0.1) is 11.3 Å². The monoisotopic (exact) mass is 486 g/mol. The average Bonchev–Trinajstić information content (AvgIpc) is 3.50. The van der Waals surface area contributed by atoms with Crippen LogP contribution < -0.4 is 10.6 Å². The average molecular weight is 487 g/mol. The molecule has 8 heteroatoms. The minimum Gasteiger partial charge on any atom is -0.327 e. The molecule has 2 amide bonds. The lowest BCUT2D eigenvalue weighted by molar-refractivity contribution is 0.101. The molecule has 0 saturated carbocycles. The van der Waals surface area contributed by atoms with Crippen LogP contribution in [0.15, 0.2) is 84.2 Å². The van der Waals surface area contributed by atoms with Crippen molar-refractivity contribution in [1.29, 1.82) is 0 Å². The second-order valence-corrected chi connectivity index (χ2v) is 9.00. The van der Waals surface area contributed by atoms with Gasteiger partial charge in [0.15, 0.2) is 0 Å². The van der Waals surface area contributed by atoms with Crippen LogP contribution in [0.2, 0.25) is 5.02 Å². The van der Waals surface area contributed by atoms with Crippen LogP contribution in [0.5, 0.6) is 0 Å². The van der Waals surface area contributed by atoms with E-state index in [9.17, 15) is 9.59 Å². The number of hydrogen-bond acceptors (Lipinski definition) is 4. The van der Waals surface area contributed by atoms with Crippen LogP contribution in [0.25, 0.3) is 22.4 Å². The van der Waals surface area contributed by atoms with Crippen LogP contribution in [0.3, 0.4) is 0 Å². The van der Waals surface area contributed by atoms with Crippen molar-refractivity contribution in [2.45, 2.75) is 0 Å². The third-order valence-electron chi connectivity index (χ3n) is 5.41. The summed E-state index contributed by atoms with van der Waals surface area (Å²) in [5.41, 5.74) is 4.34. The number of benzene rings is 3. The molecule has 2 heterocycles. The number of thiophene rings is 1. The first-order chi connectivity index (χ1) is 16.5. The van der Waals surface area contributed by atoms with Crippen LogP contribution in [0, 0.1) is 0 Å². The van der Waals surface area contributed by atoms with Crippen molar-refractivity contribution >= 4 is 57.2 Å². The fraction of sp³-hybridized carbons (Fsp3) is 0.0385. The summed E-state index contributed by atoms with van der Waals surface area (Å²) in [6.45, 7) is 0. The van der Waals surface area contributed by atoms with E-state index >= 15 is 0 Å². The van der Waals surface area contributed by atoms with E-state index in [-0.39, 0.29) is 11.8 Å². The Kier molecular flexibility index (Phi) is 5.88. The summed E-state index contributed by atoms with van der Waals surface area (Å²) < 4.78 is 2.04. The number of amides is 2. The Hall–Kier alpha value is -3.94. The molecule has 0 fully saturated rings. The Morgan fingerprint density at radius 2 is 1.71 bits per heavy atom. The zero-order valence-corrected chi connectivity index (χ0v) is 19.7. The Morgan fingerprint density at radius 1 is 0.912 bits per heavy atom. The van der Waals surface area contributed by atoms with Gasteiger partial charge in [0, 0.05) is 23.9 Å². The minimum atomic E-state index is -0.307. The fourth-order valence-corrected chi connectivity index (χ4v) is 4.45. The van der Waals surface area contributed by atoms with E-state index in [0.29, 0.717) is 26.8 Å². The normalized spacial score (nSPS) is 10.9. The van der Waals surface area contributed by atoms with Crippen molar-refractivity contribution in [3.8, 4) is 11.4 Å². The first-order valence-corrected chi connectivity index (χ1v) is 11.7. The van der Waals surface area contributed by atoms with Crippen LogP contribution in [-0.4, -0.2) is 21.4 Å². The summed E-state index contributed by atoms with van der Waals surface area (Å²) in [5, 5.41) is 7.83. The van der Waals surface area contributed by atoms with Crippen molar-refractivity contribution in [2.24, 2.45) is 7.05 Å². The van der Waals surface area contributed by atoms with E-state index in [1.807, 2.05) is 65.5 Å². The highest BCUT2D eigenvalue weighted by molar-refractivity contribution is 7.12. The minimum absolute atomic E-state index is 0.271. The molecule has 0 aliphatic heterocycles. The largest absolute Gasteiger partial charge is 0.327 e. The second-order valence-electron chi connectivity index (χ2n) is 7.64. The lowest BCUT2D eigenvalue weighted by atomic mass is 10.1. The first kappa shape index (κ1) is 21.9. The molecular formula is C26H19ClN4O2S. The van der Waals surface area contributed by atoms with E-state index in [2.05, 4.69) is 10.6 Å². The Labute approximate surface area is 204 Å². The highest BCUT2D eigenvalue weighted by Gasteiger charge is 2.14. The number of aryl methyl sites for hydroxylation is 1. The van der Waals surface area contributed by atoms with E-state index in [4.69, 9.17) is 16.6 Å². The molecule has 0 spiro atoms. The van der Waals surface area contributed by atoms with E-state index in [1.54, 1.807) is 30.3 Å². The van der Waals surface area contributed by atoms with Gasteiger partial charge in [0.05, 0.1) is 26.6 Å². The van der Waals surface area contributed by atoms with Gasteiger partial charge in [-0.05, 0) is 66.0 Å². The molecule has 0 bridgehead atoms. The van der Waals surface area contributed by atoms with Crippen LogP contribution >= 0.6 is 22.9 Å². The van der Waals surface area contributed by atoms with Crippen LogP contribution in [0.1, 0.15) is 20.0 Å². The Bertz CT molecular complexity index is 1510.